The molecule has 0 spiro atoms. The van der Waals surface area contributed by atoms with Crippen LogP contribution in [0.1, 0.15) is 110 Å². The number of ether oxygens (including phenoxy) is 1. The number of aromatic amines is 1. The van der Waals surface area contributed by atoms with Crippen molar-refractivity contribution >= 4 is 32.7 Å². The zero-order valence-corrected chi connectivity index (χ0v) is 26.9. The van der Waals surface area contributed by atoms with Crippen LogP contribution in [0.5, 0.6) is 0 Å². The average molecular weight is 590 g/mol. The van der Waals surface area contributed by atoms with Crippen LogP contribution in [0.2, 0.25) is 0 Å². The van der Waals surface area contributed by atoms with E-state index in [9.17, 15) is 27.1 Å². The maximum Gasteiger partial charge on any atom is 0.339 e. The predicted octanol–water partition coefficient (Wildman–Crippen LogP) is 7.99. The van der Waals surface area contributed by atoms with Crippen LogP contribution < -0.4 is 4.72 Å². The van der Waals surface area contributed by atoms with Crippen molar-refractivity contribution in [1.29, 1.82) is 0 Å². The quantitative estimate of drug-likeness (QED) is 0.240. The van der Waals surface area contributed by atoms with Gasteiger partial charge in [-0.2, -0.15) is 0 Å². The molecule has 2 heterocycles. The van der Waals surface area contributed by atoms with Crippen molar-refractivity contribution in [3.05, 3.63) is 58.9 Å². The third-order valence-corrected chi connectivity index (χ3v) is 5.89. The first-order chi connectivity index (χ1) is 19.2. The molecule has 3 rings (SSSR count). The van der Waals surface area contributed by atoms with Gasteiger partial charge in [0.25, 0.3) is 0 Å². The summed E-state index contributed by atoms with van der Waals surface area (Å²) in [6.07, 6.45) is 1.06. The molecule has 0 aliphatic carbocycles. The summed E-state index contributed by atoms with van der Waals surface area (Å²) >= 11 is 0. The first-order valence-corrected chi connectivity index (χ1v) is 15.6. The molecule has 11 heteroatoms. The van der Waals surface area contributed by atoms with Crippen LogP contribution in [0.3, 0.4) is 0 Å². The largest absolute Gasteiger partial charge is 0.465 e. The lowest BCUT2D eigenvalue weighted by atomic mass is 9.99. The van der Waals surface area contributed by atoms with Gasteiger partial charge in [0.15, 0.2) is 5.82 Å². The number of sulfonamides is 1. The van der Waals surface area contributed by atoms with Crippen LogP contribution >= 0.6 is 0 Å². The van der Waals surface area contributed by atoms with Crippen molar-refractivity contribution in [2.45, 2.75) is 88.7 Å². The number of aliphatic hydroxyl groups excluding tert-OH is 1. The number of halogens is 2. The van der Waals surface area contributed by atoms with Gasteiger partial charge in [0.2, 0.25) is 10.0 Å². The molecule has 230 valence electrons. The number of anilines is 1. The molecule has 0 amide bonds. The van der Waals surface area contributed by atoms with E-state index in [1.54, 1.807) is 6.92 Å². The molecule has 40 heavy (non-hydrogen) atoms. The summed E-state index contributed by atoms with van der Waals surface area (Å²) < 4.78 is 60.0. The Labute approximate surface area is 239 Å². The summed E-state index contributed by atoms with van der Waals surface area (Å²) in [5, 5.41) is 11.0. The summed E-state index contributed by atoms with van der Waals surface area (Å²) in [6, 6.07) is 3.17. The molecule has 1 atom stereocenters. The van der Waals surface area contributed by atoms with E-state index in [-0.39, 0.29) is 27.9 Å². The molecule has 1 unspecified atom stereocenters. The second kappa shape index (κ2) is 22.7. The zero-order valence-electron chi connectivity index (χ0n) is 26.1. The fourth-order valence-electron chi connectivity index (χ4n) is 3.02. The molecular formula is C29H49F2N3O5S. The highest BCUT2D eigenvalue weighted by atomic mass is 32.2. The second-order valence-electron chi connectivity index (χ2n) is 6.50. The van der Waals surface area contributed by atoms with Gasteiger partial charge in [-0.25, -0.2) is 27.0 Å². The molecule has 0 fully saturated rings. The number of pyridine rings is 1. The monoisotopic (exact) mass is 589 g/mol. The number of hydrogen-bond acceptors (Lipinski definition) is 6. The van der Waals surface area contributed by atoms with Gasteiger partial charge < -0.3 is 14.8 Å². The Morgan fingerprint density at radius 2 is 1.60 bits per heavy atom. The second-order valence-corrected chi connectivity index (χ2v) is 8.34. The summed E-state index contributed by atoms with van der Waals surface area (Å²) in [4.78, 5) is 18.5. The fourth-order valence-corrected chi connectivity index (χ4v) is 4.15. The van der Waals surface area contributed by atoms with Crippen molar-refractivity contribution < 1.29 is 31.8 Å². The Morgan fingerprint density at radius 3 is 2.10 bits per heavy atom. The lowest BCUT2D eigenvalue weighted by Crippen LogP contribution is -2.18. The number of nitrogens with zero attached hydrogens (tertiary/aromatic N) is 1. The van der Waals surface area contributed by atoms with Crippen LogP contribution in [-0.2, 0) is 14.8 Å². The van der Waals surface area contributed by atoms with Gasteiger partial charge in [-0.3, -0.25) is 4.72 Å². The molecule has 0 saturated carbocycles. The molecule has 1 aromatic carbocycles. The lowest BCUT2D eigenvalue weighted by Gasteiger charge is -2.16. The van der Waals surface area contributed by atoms with Gasteiger partial charge in [-0.05, 0) is 24.6 Å². The number of aliphatic hydroxyl groups is 1. The first-order valence-electron chi connectivity index (χ1n) is 13.9. The van der Waals surface area contributed by atoms with Crippen LogP contribution in [0.25, 0.3) is 11.0 Å². The maximum atomic E-state index is 15.0. The number of aromatic nitrogens is 2. The van der Waals surface area contributed by atoms with E-state index in [1.165, 1.54) is 25.6 Å². The van der Waals surface area contributed by atoms with Gasteiger partial charge in [-0.15, -0.1) is 0 Å². The van der Waals surface area contributed by atoms with E-state index < -0.39 is 45.0 Å². The van der Waals surface area contributed by atoms with Gasteiger partial charge in [0.05, 0.1) is 29.7 Å². The summed E-state index contributed by atoms with van der Waals surface area (Å²) in [7, 11) is -2.64. The highest BCUT2D eigenvalue weighted by Crippen LogP contribution is 2.34. The number of rotatable bonds is 7. The summed E-state index contributed by atoms with van der Waals surface area (Å²) in [5.74, 6) is -3.22. The van der Waals surface area contributed by atoms with Crippen LogP contribution in [0, 0.1) is 11.6 Å². The normalized spacial score (nSPS) is 10.3. The van der Waals surface area contributed by atoms with Crippen molar-refractivity contribution in [2.24, 2.45) is 0 Å². The Hall–Kier alpha value is -3.05. The summed E-state index contributed by atoms with van der Waals surface area (Å²) in [6.45, 7) is 21.6. The molecule has 0 bridgehead atoms. The van der Waals surface area contributed by atoms with Crippen molar-refractivity contribution in [3.63, 3.8) is 0 Å². The van der Waals surface area contributed by atoms with Gasteiger partial charge in [-0.1, -0.05) is 76.2 Å². The van der Waals surface area contributed by atoms with E-state index in [1.807, 2.05) is 69.2 Å². The number of methoxy groups -OCH3 is 1. The van der Waals surface area contributed by atoms with Crippen LogP contribution in [0.4, 0.5) is 14.5 Å². The minimum absolute atomic E-state index is 0.0506. The Balaban J connectivity index is -0.00000123. The summed E-state index contributed by atoms with van der Waals surface area (Å²) in [5.41, 5.74) is -0.810. The number of benzene rings is 1. The number of nitrogens with one attached hydrogen (secondary N) is 2. The van der Waals surface area contributed by atoms with E-state index in [4.69, 9.17) is 0 Å². The molecule has 3 N–H and O–H groups in total. The van der Waals surface area contributed by atoms with Gasteiger partial charge >= 0.3 is 5.97 Å². The van der Waals surface area contributed by atoms with E-state index >= 15 is 0 Å². The van der Waals surface area contributed by atoms with Crippen LogP contribution in [-0.4, -0.2) is 42.3 Å². The maximum absolute atomic E-state index is 15.0. The topological polar surface area (TPSA) is 121 Å². The van der Waals surface area contributed by atoms with Crippen LogP contribution in [0.15, 0.2) is 30.6 Å². The Kier molecular flexibility index (Phi) is 23.5. The van der Waals surface area contributed by atoms with Crippen molar-refractivity contribution in [1.82, 2.24) is 9.97 Å². The number of H-pyrrole nitrogens is 1. The van der Waals surface area contributed by atoms with E-state index in [2.05, 4.69) is 19.4 Å². The molecule has 8 nitrogen and oxygen atoms in total. The predicted molar refractivity (Wildman–Crippen MR) is 162 cm³/mol. The average Bonchev–Trinajstić information content (AvgIpc) is 3.42. The fraction of sp³-hybridized carbons (Fsp3) is 0.517. The Morgan fingerprint density at radius 1 is 1.05 bits per heavy atom. The smallest absolute Gasteiger partial charge is 0.339 e. The van der Waals surface area contributed by atoms with E-state index in [0.29, 0.717) is 6.42 Å². The molecule has 3 aromatic rings. The number of hydrogen-bond donors (Lipinski definition) is 3. The standard InChI is InChI=1S/C19H19F2N3O5S.5C2H6/c1-3-6-30(27,28)24-14-5-4-13(20)15(16(14)21)17(25)12-9-23-18-11(12)7-10(8-22-18)19(26)29-2;5*1-2/h4-5,7-9,17,24-25H,3,6H2,1-2H3,(H,22,23);5*1-2H3. The minimum atomic E-state index is -3.83. The van der Waals surface area contributed by atoms with E-state index in [0.717, 1.165) is 12.1 Å². The molecule has 0 radical (unpaired) electrons. The first kappa shape index (κ1) is 41.4. The number of esters is 1. The zero-order chi connectivity index (χ0) is 32.1. The molecule has 0 aliphatic rings. The minimum Gasteiger partial charge on any atom is -0.465 e. The molecular weight excluding hydrogens is 540 g/mol. The number of carbonyl (C=O) groups is 1. The Bertz CT molecular complexity index is 1220. The number of fused-ring (bicyclic) bond motifs is 1. The third-order valence-electron chi connectivity index (χ3n) is 4.42. The third kappa shape index (κ3) is 11.6. The highest BCUT2D eigenvalue weighted by Gasteiger charge is 2.26. The SMILES string of the molecule is CC.CC.CC.CC.CC.CCCS(=O)(=O)Nc1ccc(F)c(C(O)c2c[nH]c3ncc(C(=O)OC)cc23)c1F. The van der Waals surface area contributed by atoms with Gasteiger partial charge in [0.1, 0.15) is 17.6 Å². The van der Waals surface area contributed by atoms with Crippen molar-refractivity contribution in [3.8, 4) is 0 Å². The molecule has 2 aromatic heterocycles. The molecule has 0 saturated heterocycles. The van der Waals surface area contributed by atoms with Crippen molar-refractivity contribution in [2.75, 3.05) is 17.6 Å². The highest BCUT2D eigenvalue weighted by molar-refractivity contribution is 7.92. The lowest BCUT2D eigenvalue weighted by molar-refractivity contribution is 0.0600. The van der Waals surface area contributed by atoms with Gasteiger partial charge in [0, 0.05) is 23.3 Å². The molecule has 0 aliphatic heterocycles. The number of carbonyl (C=O) groups excluding carboxylic acids is 1.